The molecular weight excluding hydrogens is 476 g/mol. The quantitative estimate of drug-likeness (QED) is 0.532. The smallest absolute Gasteiger partial charge is 0.343 e. The maximum absolute atomic E-state index is 12.8. The minimum Gasteiger partial charge on any atom is -0.481 e. The Morgan fingerprint density at radius 2 is 1.83 bits per heavy atom. The van der Waals surface area contributed by atoms with E-state index in [1.165, 1.54) is 20.3 Å². The Hall–Kier alpha value is -2.94. The minimum absolute atomic E-state index is 0.0152. The lowest BCUT2D eigenvalue weighted by molar-refractivity contribution is 0.0520. The van der Waals surface area contributed by atoms with Crippen molar-refractivity contribution in [3.63, 3.8) is 0 Å². The van der Waals surface area contributed by atoms with Gasteiger partial charge < -0.3 is 14.2 Å². The normalized spacial score (nSPS) is 10.9. The molecule has 2 N–H and O–H groups in total. The van der Waals surface area contributed by atoms with Crippen molar-refractivity contribution in [2.75, 3.05) is 33.2 Å². The Morgan fingerprint density at radius 3 is 2.34 bits per heavy atom. The number of methoxy groups -OCH3 is 2. The second-order valence-electron chi connectivity index (χ2n) is 5.12. The van der Waals surface area contributed by atoms with Crippen molar-refractivity contribution >= 4 is 43.9 Å². The predicted octanol–water partition coefficient (Wildman–Crippen LogP) is 1.01. The lowest BCUT2D eigenvalue weighted by Crippen LogP contribution is -2.38. The van der Waals surface area contributed by atoms with Crippen LogP contribution in [0, 0.1) is 0 Å². The summed E-state index contributed by atoms with van der Waals surface area (Å²) in [7, 11) is -0.842. The second-order valence-corrected chi connectivity index (χ2v) is 7.78. The van der Waals surface area contributed by atoms with Gasteiger partial charge in [0.2, 0.25) is 17.7 Å². The highest BCUT2D eigenvalue weighted by Gasteiger charge is 2.35. The molecule has 2 rings (SSSR count). The third-order valence-electron chi connectivity index (χ3n) is 3.39. The number of aromatic nitrogens is 4. The van der Waals surface area contributed by atoms with E-state index in [0.717, 1.165) is 7.05 Å². The molecule has 2 heterocycles. The molecule has 0 aliphatic carbocycles. The molecule has 0 fully saturated rings. The van der Waals surface area contributed by atoms with E-state index in [2.05, 4.69) is 41.4 Å². The second kappa shape index (κ2) is 9.04. The van der Waals surface area contributed by atoms with Crippen molar-refractivity contribution in [1.82, 2.24) is 24.5 Å². The summed E-state index contributed by atoms with van der Waals surface area (Å²) < 4.78 is 40.7. The molecule has 0 unspecified atom stereocenters. The standard InChI is InChI=1S/C14H17BrN6O7S/c1-5-28-12(22)9-10(15)19-20-11(9)29(24,25)21(2)14(23)18-13-16-7(26-3)6-8(17-13)27-4/h6H,5H2,1-4H3,(H,19,20)(H,16,17,18,23). The van der Waals surface area contributed by atoms with Crippen LogP contribution in [-0.4, -0.2) is 72.8 Å². The first kappa shape index (κ1) is 22.4. The summed E-state index contributed by atoms with van der Waals surface area (Å²) in [5.74, 6) is -1.02. The highest BCUT2D eigenvalue weighted by Crippen LogP contribution is 2.25. The van der Waals surface area contributed by atoms with Crippen LogP contribution < -0.4 is 14.8 Å². The van der Waals surface area contributed by atoms with Crippen LogP contribution in [0.3, 0.4) is 0 Å². The topological polar surface area (TPSA) is 166 Å². The monoisotopic (exact) mass is 492 g/mol. The van der Waals surface area contributed by atoms with E-state index in [1.54, 1.807) is 6.92 Å². The molecule has 0 spiro atoms. The number of carbonyl (C=O) groups is 2. The zero-order chi connectivity index (χ0) is 21.8. The number of halogens is 1. The molecule has 0 bridgehead atoms. The number of hydrogen-bond acceptors (Lipinski definition) is 10. The Balaban J connectivity index is 2.33. The fourth-order valence-electron chi connectivity index (χ4n) is 1.96. The van der Waals surface area contributed by atoms with E-state index < -0.39 is 27.0 Å². The van der Waals surface area contributed by atoms with Gasteiger partial charge in [-0.3, -0.25) is 10.4 Å². The van der Waals surface area contributed by atoms with E-state index in [1.807, 2.05) is 0 Å². The lowest BCUT2D eigenvalue weighted by atomic mass is 10.4. The number of rotatable bonds is 7. The van der Waals surface area contributed by atoms with Crippen LogP contribution in [0.4, 0.5) is 10.7 Å². The fraction of sp³-hybridized carbons (Fsp3) is 0.357. The first-order chi connectivity index (χ1) is 13.6. The Morgan fingerprint density at radius 1 is 1.24 bits per heavy atom. The van der Waals surface area contributed by atoms with Gasteiger partial charge in [-0.15, -0.1) is 0 Å². The molecule has 0 aromatic carbocycles. The predicted molar refractivity (Wildman–Crippen MR) is 101 cm³/mol. The molecule has 0 aliphatic rings. The van der Waals surface area contributed by atoms with E-state index in [9.17, 15) is 18.0 Å². The van der Waals surface area contributed by atoms with Gasteiger partial charge in [-0.05, 0) is 22.9 Å². The SMILES string of the molecule is CCOC(=O)c1c(Br)n[nH]c1S(=O)(=O)N(C)C(=O)Nc1nc(OC)cc(OC)n1. The number of esters is 1. The van der Waals surface area contributed by atoms with E-state index in [-0.39, 0.29) is 34.5 Å². The number of amides is 2. The van der Waals surface area contributed by atoms with Gasteiger partial charge in [0, 0.05) is 7.05 Å². The van der Waals surface area contributed by atoms with E-state index in [0.29, 0.717) is 4.31 Å². The summed E-state index contributed by atoms with van der Waals surface area (Å²) in [6, 6.07) is 0.255. The first-order valence-electron chi connectivity index (χ1n) is 7.83. The molecule has 0 aliphatic heterocycles. The van der Waals surface area contributed by atoms with Crippen molar-refractivity contribution in [2.45, 2.75) is 11.9 Å². The number of sulfonamides is 1. The van der Waals surface area contributed by atoms with E-state index >= 15 is 0 Å². The summed E-state index contributed by atoms with van der Waals surface area (Å²) in [4.78, 5) is 32.3. The first-order valence-corrected chi connectivity index (χ1v) is 10.1. The number of nitrogens with one attached hydrogen (secondary N) is 2. The van der Waals surface area contributed by atoms with Crippen LogP contribution in [0.1, 0.15) is 17.3 Å². The Labute approximate surface area is 173 Å². The molecule has 158 valence electrons. The molecule has 29 heavy (non-hydrogen) atoms. The Kier molecular flexibility index (Phi) is 6.97. The van der Waals surface area contributed by atoms with Crippen molar-refractivity contribution in [3.8, 4) is 11.8 Å². The van der Waals surface area contributed by atoms with Crippen molar-refractivity contribution < 1.29 is 32.2 Å². The van der Waals surface area contributed by atoms with Gasteiger partial charge >= 0.3 is 12.0 Å². The average Bonchev–Trinajstić information content (AvgIpc) is 3.09. The third-order valence-corrected chi connectivity index (χ3v) is 5.66. The van der Waals surface area contributed by atoms with E-state index in [4.69, 9.17) is 14.2 Å². The molecule has 0 atom stereocenters. The number of anilines is 1. The fourth-order valence-corrected chi connectivity index (χ4v) is 3.68. The zero-order valence-electron chi connectivity index (χ0n) is 15.7. The number of urea groups is 1. The molecule has 2 aromatic rings. The molecule has 13 nitrogen and oxygen atoms in total. The van der Waals surface area contributed by atoms with Gasteiger partial charge in [-0.2, -0.15) is 23.5 Å². The van der Waals surface area contributed by atoms with Crippen LogP contribution in [0.5, 0.6) is 11.8 Å². The number of hydrogen-bond donors (Lipinski definition) is 2. The highest BCUT2D eigenvalue weighted by atomic mass is 79.9. The Bertz CT molecular complexity index is 1000. The molecule has 0 radical (unpaired) electrons. The largest absolute Gasteiger partial charge is 0.481 e. The summed E-state index contributed by atoms with van der Waals surface area (Å²) in [6.45, 7) is 1.57. The third kappa shape index (κ3) is 4.73. The number of nitrogens with zero attached hydrogens (tertiary/aromatic N) is 4. The van der Waals surface area contributed by atoms with Crippen LogP contribution in [-0.2, 0) is 14.8 Å². The number of carbonyl (C=O) groups excluding carboxylic acids is 2. The van der Waals surface area contributed by atoms with Gasteiger partial charge in [-0.25, -0.2) is 13.9 Å². The van der Waals surface area contributed by atoms with Gasteiger partial charge in [0.05, 0.1) is 26.9 Å². The molecular formula is C14H17BrN6O7S. The molecule has 15 heteroatoms. The van der Waals surface area contributed by atoms with Crippen LogP contribution in [0.25, 0.3) is 0 Å². The average molecular weight is 493 g/mol. The lowest BCUT2D eigenvalue weighted by Gasteiger charge is -2.17. The van der Waals surface area contributed by atoms with Gasteiger partial charge in [-0.1, -0.05) is 0 Å². The summed E-state index contributed by atoms with van der Waals surface area (Å²) >= 11 is 2.98. The minimum atomic E-state index is -4.51. The van der Waals surface area contributed by atoms with Crippen LogP contribution in [0.2, 0.25) is 0 Å². The zero-order valence-corrected chi connectivity index (χ0v) is 18.1. The summed E-state index contributed by atoms with van der Waals surface area (Å²) in [5, 5.41) is 7.45. The number of aromatic amines is 1. The van der Waals surface area contributed by atoms with Gasteiger partial charge in [0.15, 0.2) is 5.03 Å². The van der Waals surface area contributed by atoms with Crippen molar-refractivity contribution in [1.29, 1.82) is 0 Å². The maximum atomic E-state index is 12.8. The molecule has 2 amide bonds. The van der Waals surface area contributed by atoms with Crippen LogP contribution in [0.15, 0.2) is 15.7 Å². The number of H-pyrrole nitrogens is 1. The summed E-state index contributed by atoms with van der Waals surface area (Å²) in [5.41, 5.74) is -0.370. The molecule has 0 saturated heterocycles. The van der Waals surface area contributed by atoms with Crippen molar-refractivity contribution in [2.24, 2.45) is 0 Å². The van der Waals surface area contributed by atoms with Gasteiger partial charge in [0.1, 0.15) is 10.2 Å². The highest BCUT2D eigenvalue weighted by molar-refractivity contribution is 9.10. The maximum Gasteiger partial charge on any atom is 0.343 e. The number of ether oxygens (including phenoxy) is 3. The van der Waals surface area contributed by atoms with Crippen molar-refractivity contribution in [3.05, 3.63) is 16.2 Å². The molecule has 2 aromatic heterocycles. The molecule has 0 saturated carbocycles. The summed E-state index contributed by atoms with van der Waals surface area (Å²) in [6.07, 6.45) is 0. The van der Waals surface area contributed by atoms with Crippen LogP contribution >= 0.6 is 15.9 Å². The van der Waals surface area contributed by atoms with Gasteiger partial charge in [0.25, 0.3) is 10.0 Å².